The van der Waals surface area contributed by atoms with Gasteiger partial charge in [-0.15, -0.1) is 0 Å². The van der Waals surface area contributed by atoms with Crippen LogP contribution in [0.1, 0.15) is 52.1 Å². The highest BCUT2D eigenvalue weighted by Gasteiger charge is 2.37. The Morgan fingerprint density at radius 2 is 1.90 bits per heavy atom. The molecule has 0 radical (unpaired) electrons. The first-order valence-corrected chi connectivity index (χ1v) is 8.09. The van der Waals surface area contributed by atoms with Crippen molar-refractivity contribution >= 4 is 5.91 Å². The lowest BCUT2D eigenvalue weighted by Gasteiger charge is -2.46. The van der Waals surface area contributed by atoms with Gasteiger partial charge in [0.2, 0.25) is 5.91 Å². The Hall–Kier alpha value is -1.35. The number of rotatable bonds is 4. The Morgan fingerprint density at radius 3 is 2.48 bits per heavy atom. The highest BCUT2D eigenvalue weighted by atomic mass is 16.2. The van der Waals surface area contributed by atoms with Crippen molar-refractivity contribution in [3.63, 3.8) is 0 Å². The van der Waals surface area contributed by atoms with Crippen LogP contribution < -0.4 is 5.32 Å². The van der Waals surface area contributed by atoms with Crippen LogP contribution in [0.15, 0.2) is 30.3 Å². The van der Waals surface area contributed by atoms with E-state index < -0.39 is 0 Å². The molecule has 1 unspecified atom stereocenters. The molecule has 1 heterocycles. The molecule has 1 aliphatic heterocycles. The Kier molecular flexibility index (Phi) is 5.04. The summed E-state index contributed by atoms with van der Waals surface area (Å²) in [6.45, 7) is 10.1. The normalized spacial score (nSPS) is 21.6. The standard InChI is InChI=1S/C18H28N2O/c1-5-14(6-2)17(21)20-13-18(3,4)19-12-16(20)15-10-8-7-9-11-15/h7-11,14,16,19H,5-6,12-13H2,1-4H3. The maximum absolute atomic E-state index is 12.9. The number of nitrogens with one attached hydrogen (secondary N) is 1. The monoisotopic (exact) mass is 288 g/mol. The van der Waals surface area contributed by atoms with Gasteiger partial charge in [0, 0.05) is 24.5 Å². The first-order chi connectivity index (χ1) is 9.98. The molecule has 1 amide bonds. The number of piperazine rings is 1. The van der Waals surface area contributed by atoms with Crippen LogP contribution in [0, 0.1) is 5.92 Å². The molecule has 1 fully saturated rings. The quantitative estimate of drug-likeness (QED) is 0.921. The highest BCUT2D eigenvalue weighted by molar-refractivity contribution is 5.79. The molecule has 1 atom stereocenters. The lowest BCUT2D eigenvalue weighted by Crippen LogP contribution is -2.60. The van der Waals surface area contributed by atoms with Crippen LogP contribution in [0.5, 0.6) is 0 Å². The van der Waals surface area contributed by atoms with E-state index in [0.29, 0.717) is 5.91 Å². The molecule has 1 N–H and O–H groups in total. The number of nitrogens with zero attached hydrogens (tertiary/aromatic N) is 1. The third kappa shape index (κ3) is 3.65. The second-order valence-electron chi connectivity index (χ2n) is 6.67. The number of carbonyl (C=O) groups is 1. The number of benzene rings is 1. The van der Waals surface area contributed by atoms with Gasteiger partial charge in [-0.1, -0.05) is 44.2 Å². The van der Waals surface area contributed by atoms with Gasteiger partial charge in [-0.05, 0) is 32.3 Å². The van der Waals surface area contributed by atoms with Crippen LogP contribution >= 0.6 is 0 Å². The van der Waals surface area contributed by atoms with Gasteiger partial charge >= 0.3 is 0 Å². The van der Waals surface area contributed by atoms with Crippen molar-refractivity contribution in [3.05, 3.63) is 35.9 Å². The summed E-state index contributed by atoms with van der Waals surface area (Å²) < 4.78 is 0. The summed E-state index contributed by atoms with van der Waals surface area (Å²) in [5.41, 5.74) is 1.20. The molecule has 0 saturated carbocycles. The molecule has 21 heavy (non-hydrogen) atoms. The molecule has 3 heteroatoms. The Balaban J connectivity index is 2.28. The van der Waals surface area contributed by atoms with Crippen LogP contribution in [0.25, 0.3) is 0 Å². The molecule has 1 aromatic carbocycles. The van der Waals surface area contributed by atoms with E-state index in [0.717, 1.165) is 25.9 Å². The fourth-order valence-electron chi connectivity index (χ4n) is 3.15. The van der Waals surface area contributed by atoms with Gasteiger partial charge in [0.1, 0.15) is 0 Å². The topological polar surface area (TPSA) is 32.3 Å². The fourth-order valence-corrected chi connectivity index (χ4v) is 3.15. The SMILES string of the molecule is CCC(CC)C(=O)N1CC(C)(C)NCC1c1ccccc1. The summed E-state index contributed by atoms with van der Waals surface area (Å²) in [6, 6.07) is 10.5. The molecule has 2 rings (SSSR count). The first-order valence-electron chi connectivity index (χ1n) is 8.09. The maximum atomic E-state index is 12.9. The number of hydrogen-bond donors (Lipinski definition) is 1. The zero-order valence-electron chi connectivity index (χ0n) is 13.7. The third-order valence-electron chi connectivity index (χ3n) is 4.52. The number of carbonyl (C=O) groups excluding carboxylic acids is 1. The van der Waals surface area contributed by atoms with E-state index in [9.17, 15) is 4.79 Å². The predicted octanol–water partition coefficient (Wildman–Crippen LogP) is 3.37. The Morgan fingerprint density at radius 1 is 1.29 bits per heavy atom. The second kappa shape index (κ2) is 6.61. The predicted molar refractivity (Wildman–Crippen MR) is 87.0 cm³/mol. The van der Waals surface area contributed by atoms with E-state index in [2.05, 4.69) is 62.2 Å². The minimum Gasteiger partial charge on any atom is -0.332 e. The summed E-state index contributed by atoms with van der Waals surface area (Å²) >= 11 is 0. The number of amides is 1. The fraction of sp³-hybridized carbons (Fsp3) is 0.611. The highest BCUT2D eigenvalue weighted by Crippen LogP contribution is 2.29. The molecule has 3 nitrogen and oxygen atoms in total. The van der Waals surface area contributed by atoms with Crippen LogP contribution in [0.2, 0.25) is 0 Å². The second-order valence-corrected chi connectivity index (χ2v) is 6.67. The minimum absolute atomic E-state index is 0.0209. The lowest BCUT2D eigenvalue weighted by molar-refractivity contribution is -0.141. The van der Waals surface area contributed by atoms with E-state index in [-0.39, 0.29) is 17.5 Å². The molecule has 1 saturated heterocycles. The van der Waals surface area contributed by atoms with Gasteiger partial charge in [-0.2, -0.15) is 0 Å². The average Bonchev–Trinajstić information content (AvgIpc) is 2.48. The van der Waals surface area contributed by atoms with Crippen molar-refractivity contribution in [1.29, 1.82) is 0 Å². The zero-order valence-corrected chi connectivity index (χ0v) is 13.7. The summed E-state index contributed by atoms with van der Waals surface area (Å²) in [6.07, 6.45) is 1.84. The maximum Gasteiger partial charge on any atom is 0.226 e. The van der Waals surface area contributed by atoms with Crippen molar-refractivity contribution in [2.75, 3.05) is 13.1 Å². The average molecular weight is 288 g/mol. The van der Waals surface area contributed by atoms with Gasteiger partial charge in [-0.3, -0.25) is 4.79 Å². The molecule has 0 bridgehead atoms. The largest absolute Gasteiger partial charge is 0.332 e. The van der Waals surface area contributed by atoms with Crippen LogP contribution in [-0.2, 0) is 4.79 Å². The van der Waals surface area contributed by atoms with Crippen molar-refractivity contribution in [2.45, 2.75) is 52.1 Å². The molecule has 0 aliphatic carbocycles. The molecular weight excluding hydrogens is 260 g/mol. The summed E-state index contributed by atoms with van der Waals surface area (Å²) in [7, 11) is 0. The van der Waals surface area contributed by atoms with Gasteiger partial charge in [0.15, 0.2) is 0 Å². The van der Waals surface area contributed by atoms with Gasteiger partial charge < -0.3 is 10.2 Å². The first kappa shape index (κ1) is 16.0. The number of hydrogen-bond acceptors (Lipinski definition) is 2. The molecule has 1 aromatic rings. The zero-order chi connectivity index (χ0) is 15.5. The summed E-state index contributed by atoms with van der Waals surface area (Å²) in [5.74, 6) is 0.452. The Bertz CT molecular complexity index is 465. The van der Waals surface area contributed by atoms with E-state index >= 15 is 0 Å². The van der Waals surface area contributed by atoms with Gasteiger partial charge in [0.05, 0.1) is 6.04 Å². The molecule has 0 aromatic heterocycles. The van der Waals surface area contributed by atoms with Gasteiger partial charge in [0.25, 0.3) is 0 Å². The molecular formula is C18H28N2O. The Labute approximate surface area is 128 Å². The molecule has 1 aliphatic rings. The van der Waals surface area contributed by atoms with E-state index in [1.165, 1.54) is 5.56 Å². The minimum atomic E-state index is -0.0209. The van der Waals surface area contributed by atoms with E-state index in [1.807, 2.05) is 6.07 Å². The molecule has 116 valence electrons. The van der Waals surface area contributed by atoms with Crippen molar-refractivity contribution in [1.82, 2.24) is 10.2 Å². The van der Waals surface area contributed by atoms with Crippen molar-refractivity contribution in [3.8, 4) is 0 Å². The van der Waals surface area contributed by atoms with Crippen LogP contribution in [0.3, 0.4) is 0 Å². The van der Waals surface area contributed by atoms with Crippen LogP contribution in [0.4, 0.5) is 0 Å². The van der Waals surface area contributed by atoms with Crippen molar-refractivity contribution in [2.24, 2.45) is 5.92 Å². The lowest BCUT2D eigenvalue weighted by atomic mass is 9.92. The summed E-state index contributed by atoms with van der Waals surface area (Å²) in [4.78, 5) is 15.0. The summed E-state index contributed by atoms with van der Waals surface area (Å²) in [5, 5.41) is 3.57. The van der Waals surface area contributed by atoms with Crippen molar-refractivity contribution < 1.29 is 4.79 Å². The molecule has 0 spiro atoms. The smallest absolute Gasteiger partial charge is 0.226 e. The van der Waals surface area contributed by atoms with E-state index in [1.54, 1.807) is 0 Å². The third-order valence-corrected chi connectivity index (χ3v) is 4.52. The van der Waals surface area contributed by atoms with Gasteiger partial charge in [-0.25, -0.2) is 0 Å². The van der Waals surface area contributed by atoms with Crippen LogP contribution in [-0.4, -0.2) is 29.4 Å². The van der Waals surface area contributed by atoms with E-state index in [4.69, 9.17) is 0 Å².